The molecule has 3 heterocycles. The Balaban J connectivity index is 0.720. The summed E-state index contributed by atoms with van der Waals surface area (Å²) in [6.07, 6.45) is 3.99. The highest BCUT2D eigenvalue weighted by Gasteiger charge is 3.01. The third kappa shape index (κ3) is 11.0. The predicted molar refractivity (Wildman–Crippen MR) is 314 cm³/mol. The van der Waals surface area contributed by atoms with Crippen LogP contribution in [0.3, 0.4) is 0 Å². The number of carboxylic acid groups (broad SMARTS) is 1. The summed E-state index contributed by atoms with van der Waals surface area (Å²) in [5.41, 5.74) is 0.538. The number of hydrogen-bond acceptors (Lipinski definition) is 14. The Morgan fingerprint density at radius 1 is 0.771 bits per heavy atom. The van der Waals surface area contributed by atoms with Crippen LogP contribution in [0, 0.1) is 16.2 Å². The van der Waals surface area contributed by atoms with Crippen LogP contribution in [0.5, 0.6) is 11.5 Å². The number of carboxylic acids is 1. The number of halogens is 2. The number of likely N-dealkylation sites (N-methyl/N-ethyl adjacent to an activating group) is 2. The van der Waals surface area contributed by atoms with Gasteiger partial charge in [-0.25, -0.2) is 18.9 Å². The summed E-state index contributed by atoms with van der Waals surface area (Å²) in [7, 11) is 0.582. The van der Waals surface area contributed by atoms with Gasteiger partial charge in [0, 0.05) is 123 Å². The molecule has 442 valence electrons. The van der Waals surface area contributed by atoms with E-state index in [9.17, 15) is 53.0 Å². The zero-order valence-corrected chi connectivity index (χ0v) is 50.0. The van der Waals surface area contributed by atoms with Crippen LogP contribution in [0.2, 0.25) is 0 Å². The van der Waals surface area contributed by atoms with Crippen molar-refractivity contribution in [2.24, 2.45) is 16.2 Å². The molecule has 0 aromatic heterocycles. The number of carbonyl (C=O) groups excluding carboxylic acids is 7. The molecule has 4 N–H and O–H groups in total. The molecule has 3 saturated carbocycles. The lowest BCUT2D eigenvalue weighted by Crippen LogP contribution is -2.52. The largest absolute Gasteiger partial charge is 0.524 e. The van der Waals surface area contributed by atoms with E-state index in [1.807, 2.05) is 30.3 Å². The van der Waals surface area contributed by atoms with Crippen molar-refractivity contribution in [3.63, 3.8) is 0 Å². The molecular formula is C57H63Cl2N6O15PS2. The van der Waals surface area contributed by atoms with E-state index in [2.05, 4.69) is 5.32 Å². The quantitative estimate of drug-likeness (QED) is 0.0169. The molecule has 1 spiro atoms. The number of rotatable bonds is 24. The first kappa shape index (κ1) is 60.1. The average molecular weight is 1240 g/mol. The number of unbranched alkanes of at least 4 members (excludes halogenated alkanes) is 2. The van der Waals surface area contributed by atoms with E-state index in [0.717, 1.165) is 21.4 Å². The number of ether oxygens (including phenoxy) is 2. The monoisotopic (exact) mass is 1240 g/mol. The van der Waals surface area contributed by atoms with Crippen LogP contribution >= 0.6 is 52.6 Å². The highest BCUT2D eigenvalue weighted by Crippen LogP contribution is 3.01. The summed E-state index contributed by atoms with van der Waals surface area (Å²) in [4.78, 5) is 132. The van der Waals surface area contributed by atoms with Crippen molar-refractivity contribution in [1.29, 1.82) is 0 Å². The third-order valence-electron chi connectivity index (χ3n) is 17.2. The van der Waals surface area contributed by atoms with Crippen LogP contribution in [-0.2, 0) is 38.1 Å². The first-order chi connectivity index (χ1) is 39.4. The van der Waals surface area contributed by atoms with Crippen molar-refractivity contribution in [3.05, 3.63) is 83.9 Å². The van der Waals surface area contributed by atoms with E-state index in [4.69, 9.17) is 37.2 Å². The number of amides is 7. The highest BCUT2D eigenvalue weighted by molar-refractivity contribution is 8.77. The first-order valence-corrected chi connectivity index (χ1v) is 32.1. The Morgan fingerprint density at radius 2 is 1.29 bits per heavy atom. The molecule has 7 amide bonds. The maximum atomic E-state index is 15.1. The molecule has 0 bridgehead atoms. The molecule has 6 aliphatic rings. The number of nitrogens with one attached hydrogen (secondary N) is 1. The number of phosphoric acid groups is 1. The molecule has 83 heavy (non-hydrogen) atoms. The van der Waals surface area contributed by atoms with Crippen molar-refractivity contribution in [2.75, 3.05) is 80.7 Å². The van der Waals surface area contributed by atoms with Gasteiger partial charge in [0.25, 0.3) is 11.8 Å². The molecule has 4 aromatic rings. The number of fused-ring (bicyclic) bond motifs is 6. The van der Waals surface area contributed by atoms with Gasteiger partial charge in [-0.05, 0) is 67.9 Å². The Morgan fingerprint density at radius 3 is 1.81 bits per heavy atom. The topological polar surface area (TPSA) is 270 Å². The second-order valence-electron chi connectivity index (χ2n) is 22.7. The number of imide groups is 1. The molecule has 0 saturated heterocycles. The highest BCUT2D eigenvalue weighted by atomic mass is 35.5. The maximum Gasteiger partial charge on any atom is 0.524 e. The Labute approximate surface area is 496 Å². The van der Waals surface area contributed by atoms with Gasteiger partial charge in [0.05, 0.1) is 27.0 Å². The van der Waals surface area contributed by atoms with Gasteiger partial charge >= 0.3 is 26.0 Å². The minimum atomic E-state index is -4.97. The van der Waals surface area contributed by atoms with Crippen molar-refractivity contribution in [2.45, 2.75) is 81.4 Å². The van der Waals surface area contributed by atoms with E-state index >= 15 is 4.79 Å². The number of phosphoric ester groups is 1. The second-order valence-corrected chi connectivity index (χ2v) is 27.6. The fraction of sp³-hybridized carbons (Fsp3) is 0.474. The minimum absolute atomic E-state index is 0.0102. The lowest BCUT2D eigenvalue weighted by molar-refractivity contribution is -0.142. The van der Waals surface area contributed by atoms with Crippen molar-refractivity contribution >= 4 is 133 Å². The molecular weight excluding hydrogens is 1170 g/mol. The van der Waals surface area contributed by atoms with Gasteiger partial charge in [-0.2, -0.15) is 0 Å². The lowest BCUT2D eigenvalue weighted by atomic mass is 9.72. The summed E-state index contributed by atoms with van der Waals surface area (Å²) in [6, 6.07) is 16.5. The fourth-order valence-corrected chi connectivity index (χ4v) is 16.3. The van der Waals surface area contributed by atoms with Gasteiger partial charge in [-0.1, -0.05) is 76.5 Å². The normalized spacial score (nSPS) is 23.0. The number of anilines is 2. The van der Waals surface area contributed by atoms with Gasteiger partial charge in [0.1, 0.15) is 24.1 Å². The second kappa shape index (κ2) is 23.1. The molecule has 6 atom stereocenters. The van der Waals surface area contributed by atoms with Crippen LogP contribution in [0.1, 0.15) is 81.8 Å². The van der Waals surface area contributed by atoms with E-state index < -0.39 is 58.9 Å². The Bertz CT molecular complexity index is 3440. The Kier molecular flexibility index (Phi) is 16.7. The van der Waals surface area contributed by atoms with Crippen LogP contribution in [-0.4, -0.2) is 159 Å². The number of alkyl halides is 2. The number of nitrogens with zero attached hydrogens (tertiary/aromatic N) is 5. The number of carbonyl (C=O) groups is 8. The van der Waals surface area contributed by atoms with Crippen molar-refractivity contribution < 1.29 is 71.8 Å². The number of benzene rings is 4. The summed E-state index contributed by atoms with van der Waals surface area (Å²) in [5.74, 6) is -2.30. The van der Waals surface area contributed by atoms with E-state index in [1.54, 1.807) is 47.9 Å². The number of aliphatic carboxylic acids is 1. The molecule has 0 radical (unpaired) electrons. The molecule has 3 fully saturated rings. The zero-order chi connectivity index (χ0) is 59.6. The van der Waals surface area contributed by atoms with Crippen LogP contribution < -0.4 is 24.4 Å². The van der Waals surface area contributed by atoms with Crippen molar-refractivity contribution in [3.8, 4) is 11.5 Å². The summed E-state index contributed by atoms with van der Waals surface area (Å²) in [6.45, 7) is 4.29. The maximum absolute atomic E-state index is 15.1. The van der Waals surface area contributed by atoms with Gasteiger partial charge in [0.2, 0.25) is 17.7 Å². The SMILES string of the molecule is CN(CCN(C)C(=O)Oc1cc2c(c3ccccc13)[C@H](CCl)CN2C(=O)C12CC3(C(=O)N4CC(CCl)c5c4cc(OP(=O)(O)O)c4ccccc54)CC31C2)C(=O)OCCSSC(C)(C)[C@H](NC(=O)CCCCCN1C(=O)C=CC1=O)C(=O)O. The minimum Gasteiger partial charge on any atom is -0.480 e. The van der Waals surface area contributed by atoms with E-state index in [1.165, 1.54) is 63.7 Å². The Hall–Kier alpha value is -6.07. The van der Waals surface area contributed by atoms with Gasteiger partial charge in [-0.15, -0.1) is 23.2 Å². The molecule has 26 heteroatoms. The van der Waals surface area contributed by atoms with Crippen molar-refractivity contribution in [1.82, 2.24) is 20.0 Å². The lowest BCUT2D eigenvalue weighted by Gasteiger charge is -2.37. The van der Waals surface area contributed by atoms with Gasteiger partial charge < -0.3 is 44.0 Å². The summed E-state index contributed by atoms with van der Waals surface area (Å²) in [5, 5.41) is 15.2. The fourth-order valence-electron chi connectivity index (χ4n) is 13.0. The molecule has 3 aliphatic carbocycles. The smallest absolute Gasteiger partial charge is 0.480 e. The summed E-state index contributed by atoms with van der Waals surface area (Å²) < 4.78 is 27.8. The van der Waals surface area contributed by atoms with Crippen LogP contribution in [0.25, 0.3) is 21.5 Å². The third-order valence-corrected chi connectivity index (χ3v) is 21.7. The van der Waals surface area contributed by atoms with Gasteiger partial charge in [-0.3, -0.25) is 38.7 Å². The average Bonchev–Trinajstić information content (AvgIpc) is 1.40. The van der Waals surface area contributed by atoms with Crippen LogP contribution in [0.15, 0.2) is 72.8 Å². The molecule has 4 unspecified atom stereocenters. The first-order valence-electron chi connectivity index (χ1n) is 27.2. The predicted octanol–water partition coefficient (Wildman–Crippen LogP) is 8.39. The zero-order valence-electron chi connectivity index (χ0n) is 46.0. The van der Waals surface area contributed by atoms with Crippen LogP contribution in [0.4, 0.5) is 21.0 Å². The van der Waals surface area contributed by atoms with Gasteiger partial charge in [0.15, 0.2) is 0 Å². The molecule has 3 aliphatic heterocycles. The number of hydrogen-bond donors (Lipinski definition) is 4. The molecule has 21 nitrogen and oxygen atoms in total. The van der Waals surface area contributed by atoms with E-state index in [0.29, 0.717) is 71.8 Å². The molecule has 10 rings (SSSR count). The standard InChI is InChI=1S/C57H63Cl2N6O15PS2/c1-54(2,48(49(69)70)60-43(66)16-6-5-11-19-63-44(67)17-18-45(63)68)83-82-23-22-78-52(73)61(3)20-21-62(4)53(74)79-41-24-39-46(37-14-9-7-12-35(37)41)33(26-58)28-64(39)50(71)55-30-56(32-57(55,56)31-55)51(72)65-29-34(27-59)47-38-15-10-8-13-36(38)42(25-40(47)65)80-81(75,76)77/h7-10,12-15,17-18,24-25,33-34,48H,5-6,11,16,19-23,26-32H2,1-4H3,(H,60,66)(H,69,70)(H2,75,76,77)/t33-,34?,48-,55?,56?,57?/m1/s1. The van der Waals surface area contributed by atoms with E-state index in [-0.39, 0.29) is 104 Å². The molecule has 4 aromatic carbocycles. The summed E-state index contributed by atoms with van der Waals surface area (Å²) >= 11 is 13.2.